The second-order valence-electron chi connectivity index (χ2n) is 8.99. The first kappa shape index (κ1) is 23.5. The fourth-order valence-corrected chi connectivity index (χ4v) is 4.87. The predicted molar refractivity (Wildman–Crippen MR) is 140 cm³/mol. The molecule has 0 bridgehead atoms. The molecule has 0 spiro atoms. The molecule has 0 fully saturated rings. The van der Waals surface area contributed by atoms with Gasteiger partial charge in [0.2, 0.25) is 5.91 Å². The predicted octanol–water partition coefficient (Wildman–Crippen LogP) is 5.59. The minimum absolute atomic E-state index is 0.0586. The molecule has 0 radical (unpaired) electrons. The van der Waals surface area contributed by atoms with Gasteiger partial charge in [0, 0.05) is 11.3 Å². The summed E-state index contributed by atoms with van der Waals surface area (Å²) < 4.78 is 0. The second kappa shape index (κ2) is 10.2. The van der Waals surface area contributed by atoms with E-state index in [1.165, 1.54) is 0 Å². The lowest BCUT2D eigenvalue weighted by molar-refractivity contribution is -0.117. The number of rotatable bonds is 7. The largest absolute Gasteiger partial charge is 0.388 e. The van der Waals surface area contributed by atoms with E-state index in [9.17, 15) is 14.7 Å². The maximum atomic E-state index is 12.8. The van der Waals surface area contributed by atoms with Crippen LogP contribution < -0.4 is 10.8 Å². The van der Waals surface area contributed by atoms with Gasteiger partial charge in [-0.25, -0.2) is 5.48 Å². The Balaban J connectivity index is 1.48. The Morgan fingerprint density at radius 3 is 2.47 bits per heavy atom. The zero-order valence-corrected chi connectivity index (χ0v) is 19.5. The molecule has 6 nitrogen and oxygen atoms in total. The van der Waals surface area contributed by atoms with Gasteiger partial charge in [-0.15, -0.1) is 0 Å². The zero-order valence-electron chi connectivity index (χ0n) is 19.5. The summed E-state index contributed by atoms with van der Waals surface area (Å²) in [5, 5.41) is 25.2. The van der Waals surface area contributed by atoms with Crippen LogP contribution in [0.3, 0.4) is 0 Å². The van der Waals surface area contributed by atoms with Crippen LogP contribution in [0.1, 0.15) is 51.9 Å². The number of hydroxylamine groups is 1. The third-order valence-corrected chi connectivity index (χ3v) is 6.66. The zero-order chi connectivity index (χ0) is 25.1. The van der Waals surface area contributed by atoms with Crippen molar-refractivity contribution in [1.29, 1.82) is 0 Å². The van der Waals surface area contributed by atoms with Gasteiger partial charge in [-0.3, -0.25) is 14.8 Å². The molecule has 180 valence electrons. The molecule has 2 amide bonds. The van der Waals surface area contributed by atoms with Gasteiger partial charge >= 0.3 is 0 Å². The highest BCUT2D eigenvalue weighted by Crippen LogP contribution is 2.39. The summed E-state index contributed by atoms with van der Waals surface area (Å²) >= 11 is 0. The number of hydrogen-bond acceptors (Lipinski definition) is 4. The summed E-state index contributed by atoms with van der Waals surface area (Å²) in [4.78, 5) is 24.5. The van der Waals surface area contributed by atoms with Crippen LogP contribution in [0.15, 0.2) is 96.6 Å². The fourth-order valence-electron chi connectivity index (χ4n) is 4.87. The molecular formula is C30H26N2O4. The summed E-state index contributed by atoms with van der Waals surface area (Å²) in [6.07, 6.45) is 1.99. The minimum atomic E-state index is -0.763. The molecule has 4 N–H and O–H groups in total. The van der Waals surface area contributed by atoms with Crippen LogP contribution in [0.25, 0.3) is 16.8 Å². The van der Waals surface area contributed by atoms with Crippen LogP contribution in [0.2, 0.25) is 0 Å². The van der Waals surface area contributed by atoms with Crippen LogP contribution in [-0.4, -0.2) is 22.1 Å². The molecule has 0 aliphatic carbocycles. The van der Waals surface area contributed by atoms with Crippen LogP contribution >= 0.6 is 0 Å². The maximum absolute atomic E-state index is 12.8. The molecule has 1 heterocycles. The molecule has 0 aromatic heterocycles. The summed E-state index contributed by atoms with van der Waals surface area (Å²) in [6.45, 7) is 0. The SMILES string of the molecule is O=C(NO)c1ccc(C=C(CC(O)c2cccc3ccccc23)CC2C(=O)Nc3ccccc32)cc1. The number of benzene rings is 4. The van der Waals surface area contributed by atoms with Crippen LogP contribution in [0.4, 0.5) is 5.69 Å². The third-order valence-electron chi connectivity index (χ3n) is 6.66. The van der Waals surface area contributed by atoms with Crippen molar-refractivity contribution in [1.82, 2.24) is 5.48 Å². The van der Waals surface area contributed by atoms with Gasteiger partial charge in [-0.2, -0.15) is 0 Å². The summed E-state index contributed by atoms with van der Waals surface area (Å²) in [5.41, 5.74) is 6.31. The number of nitrogens with one attached hydrogen (secondary N) is 2. The molecule has 2 unspecified atom stereocenters. The highest BCUT2D eigenvalue weighted by Gasteiger charge is 2.31. The quantitative estimate of drug-likeness (QED) is 0.205. The molecule has 2 atom stereocenters. The third kappa shape index (κ3) is 4.77. The summed E-state index contributed by atoms with van der Waals surface area (Å²) in [6, 6.07) is 28.3. The first-order valence-electron chi connectivity index (χ1n) is 11.8. The second-order valence-corrected chi connectivity index (χ2v) is 8.99. The Morgan fingerprint density at radius 2 is 1.67 bits per heavy atom. The van der Waals surface area contributed by atoms with Crippen LogP contribution in [-0.2, 0) is 4.79 Å². The summed E-state index contributed by atoms with van der Waals surface area (Å²) in [5.74, 6) is -1.00. The number of hydrogen-bond donors (Lipinski definition) is 4. The lowest BCUT2D eigenvalue weighted by Gasteiger charge is -2.18. The molecule has 0 saturated heterocycles. The van der Waals surface area contributed by atoms with E-state index in [1.807, 2.05) is 72.8 Å². The van der Waals surface area contributed by atoms with Crippen molar-refractivity contribution < 1.29 is 19.9 Å². The number of fused-ring (bicyclic) bond motifs is 2. The lowest BCUT2D eigenvalue weighted by Crippen LogP contribution is -2.18. The van der Waals surface area contributed by atoms with Crippen molar-refractivity contribution in [3.8, 4) is 0 Å². The molecule has 6 heteroatoms. The van der Waals surface area contributed by atoms with E-state index in [2.05, 4.69) is 5.32 Å². The number of para-hydroxylation sites is 1. The van der Waals surface area contributed by atoms with E-state index in [0.29, 0.717) is 18.4 Å². The van der Waals surface area contributed by atoms with E-state index >= 15 is 0 Å². The van der Waals surface area contributed by atoms with Gasteiger partial charge in [0.05, 0.1) is 12.0 Å². The van der Waals surface area contributed by atoms with E-state index in [-0.39, 0.29) is 11.8 Å². The number of carbonyl (C=O) groups excluding carboxylic acids is 2. The van der Waals surface area contributed by atoms with Gasteiger partial charge in [0.25, 0.3) is 5.91 Å². The lowest BCUT2D eigenvalue weighted by atomic mass is 9.88. The molecule has 4 aromatic rings. The van der Waals surface area contributed by atoms with E-state index in [1.54, 1.807) is 29.7 Å². The van der Waals surface area contributed by atoms with Crippen molar-refractivity contribution in [2.45, 2.75) is 24.9 Å². The Kier molecular flexibility index (Phi) is 6.62. The Morgan fingerprint density at radius 1 is 0.944 bits per heavy atom. The Bertz CT molecular complexity index is 1450. The average molecular weight is 479 g/mol. The molecule has 1 aliphatic heterocycles. The van der Waals surface area contributed by atoms with Crippen molar-refractivity contribution >= 4 is 34.4 Å². The van der Waals surface area contributed by atoms with Crippen molar-refractivity contribution in [2.24, 2.45) is 0 Å². The fraction of sp³-hybridized carbons (Fsp3) is 0.133. The van der Waals surface area contributed by atoms with E-state index < -0.39 is 12.0 Å². The first-order chi connectivity index (χ1) is 17.5. The first-order valence-corrected chi connectivity index (χ1v) is 11.8. The number of anilines is 1. The molecule has 36 heavy (non-hydrogen) atoms. The normalized spacial score (nSPS) is 15.9. The maximum Gasteiger partial charge on any atom is 0.274 e. The molecule has 0 saturated carbocycles. The monoisotopic (exact) mass is 478 g/mol. The van der Waals surface area contributed by atoms with E-state index in [0.717, 1.165) is 38.7 Å². The number of aliphatic hydroxyl groups excluding tert-OH is 1. The van der Waals surface area contributed by atoms with Gasteiger partial charge < -0.3 is 10.4 Å². The Hall–Kier alpha value is -4.26. The van der Waals surface area contributed by atoms with E-state index in [4.69, 9.17) is 5.21 Å². The van der Waals surface area contributed by atoms with Crippen LogP contribution in [0.5, 0.6) is 0 Å². The van der Waals surface area contributed by atoms with Gasteiger partial charge in [0.15, 0.2) is 0 Å². The van der Waals surface area contributed by atoms with Gasteiger partial charge in [0.1, 0.15) is 0 Å². The summed E-state index contributed by atoms with van der Waals surface area (Å²) in [7, 11) is 0. The molecule has 4 aromatic carbocycles. The van der Waals surface area contributed by atoms with Crippen molar-refractivity contribution in [3.05, 3.63) is 119 Å². The van der Waals surface area contributed by atoms with Crippen molar-refractivity contribution in [3.63, 3.8) is 0 Å². The topological polar surface area (TPSA) is 98.7 Å². The minimum Gasteiger partial charge on any atom is -0.388 e. The van der Waals surface area contributed by atoms with Crippen molar-refractivity contribution in [2.75, 3.05) is 5.32 Å². The Labute approximate surface area is 208 Å². The highest BCUT2D eigenvalue weighted by molar-refractivity contribution is 6.03. The van der Waals surface area contributed by atoms with Gasteiger partial charge in [-0.05, 0) is 58.5 Å². The highest BCUT2D eigenvalue weighted by atomic mass is 16.5. The number of aliphatic hydroxyl groups is 1. The number of amides is 2. The number of carbonyl (C=O) groups is 2. The molecular weight excluding hydrogens is 452 g/mol. The molecule has 5 rings (SSSR count). The average Bonchev–Trinajstić information content (AvgIpc) is 3.22. The van der Waals surface area contributed by atoms with Crippen LogP contribution in [0, 0.1) is 0 Å². The molecule has 1 aliphatic rings. The smallest absolute Gasteiger partial charge is 0.274 e. The standard InChI is InChI=1S/C30H26N2O4/c33-28(25-10-5-7-21-6-1-2-8-23(21)25)18-20(16-19-12-14-22(15-13-19)29(34)32-36)17-26-24-9-3-4-11-27(24)31-30(26)35/h1-16,26,28,33,36H,17-18H2,(H,31,35)(H,32,34). The van der Waals surface area contributed by atoms with Gasteiger partial charge in [-0.1, -0.05) is 84.4 Å².